The number of benzene rings is 2. The second kappa shape index (κ2) is 9.29. The number of amides is 1. The molecule has 36 heavy (non-hydrogen) atoms. The number of rotatable bonds is 7. The van der Waals surface area contributed by atoms with Gasteiger partial charge >= 0.3 is 0 Å². The van der Waals surface area contributed by atoms with Crippen molar-refractivity contribution in [2.75, 3.05) is 44.6 Å². The summed E-state index contributed by atoms with van der Waals surface area (Å²) < 4.78 is 6.00. The fourth-order valence-electron chi connectivity index (χ4n) is 5.39. The minimum Gasteiger partial charge on any atom is -0.507 e. The van der Waals surface area contributed by atoms with Gasteiger partial charge in [0.2, 0.25) is 0 Å². The first-order valence-electron chi connectivity index (χ1n) is 12.0. The Morgan fingerprint density at radius 2 is 1.69 bits per heavy atom. The Morgan fingerprint density at radius 1 is 1.03 bits per heavy atom. The number of nitrogens with two attached hydrogens (primary N) is 1. The standard InChI is InChI=1S/C27H33N3O6/c1-6-7-10-36-17-9-8-16(29(2)3)14-11-13-12-15-20(24(32)18(13)23(31)19(14)17)25(33)21(27(28)35)26(34)22(15)30(4)5/h8-9,13,31,33-34H,6-7,10-12H2,1-5H3,(H2,28,35). The number of aliphatic hydroxyl groups is 1. The van der Waals surface area contributed by atoms with Crippen LogP contribution in [0.5, 0.6) is 17.2 Å². The number of phenols is 2. The summed E-state index contributed by atoms with van der Waals surface area (Å²) in [6.45, 7) is 2.53. The van der Waals surface area contributed by atoms with Crippen LogP contribution in [0.2, 0.25) is 0 Å². The quantitative estimate of drug-likeness (QED) is 0.429. The number of fused-ring (bicyclic) bond motifs is 3. The summed E-state index contributed by atoms with van der Waals surface area (Å²) in [6.07, 6.45) is 2.51. The molecule has 9 nitrogen and oxygen atoms in total. The molecule has 1 atom stereocenters. The normalized spacial score (nSPS) is 16.2. The lowest BCUT2D eigenvalue weighted by atomic mass is 9.70. The zero-order valence-electron chi connectivity index (χ0n) is 21.3. The van der Waals surface area contributed by atoms with Crippen molar-refractivity contribution in [3.63, 3.8) is 0 Å². The third kappa shape index (κ3) is 3.79. The van der Waals surface area contributed by atoms with E-state index < -0.39 is 34.7 Å². The number of unbranched alkanes of at least 4 members (excludes halogenated alkanes) is 1. The second-order valence-electron chi connectivity index (χ2n) is 9.76. The maximum Gasteiger partial charge on any atom is 0.256 e. The Morgan fingerprint density at radius 3 is 2.28 bits per heavy atom. The number of ketones is 1. The summed E-state index contributed by atoms with van der Waals surface area (Å²) in [5.74, 6) is -2.89. The lowest BCUT2D eigenvalue weighted by Gasteiger charge is -2.36. The van der Waals surface area contributed by atoms with Crippen LogP contribution in [0.15, 0.2) is 17.7 Å². The number of ether oxygens (including phenoxy) is 1. The molecule has 0 saturated heterocycles. The summed E-state index contributed by atoms with van der Waals surface area (Å²) >= 11 is 0. The van der Waals surface area contributed by atoms with Gasteiger partial charge in [-0.1, -0.05) is 13.3 Å². The Balaban J connectivity index is 1.98. The van der Waals surface area contributed by atoms with E-state index in [1.54, 1.807) is 25.1 Å². The van der Waals surface area contributed by atoms with E-state index in [0.717, 1.165) is 24.1 Å². The highest BCUT2D eigenvalue weighted by molar-refractivity contribution is 6.20. The molecule has 0 bridgehead atoms. The number of hydrogen-bond donors (Lipinski definition) is 4. The minimum absolute atomic E-state index is 0.122. The van der Waals surface area contributed by atoms with Crippen molar-refractivity contribution < 1.29 is 29.6 Å². The highest BCUT2D eigenvalue weighted by Gasteiger charge is 2.43. The molecule has 2 aliphatic carbocycles. The monoisotopic (exact) mass is 495 g/mol. The highest BCUT2D eigenvalue weighted by atomic mass is 16.5. The van der Waals surface area contributed by atoms with Gasteiger partial charge in [0.05, 0.1) is 23.4 Å². The molecule has 9 heteroatoms. The number of anilines is 2. The van der Waals surface area contributed by atoms with Crippen molar-refractivity contribution in [1.29, 1.82) is 0 Å². The largest absolute Gasteiger partial charge is 0.507 e. The van der Waals surface area contributed by atoms with Gasteiger partial charge in [-0.3, -0.25) is 9.59 Å². The average Bonchev–Trinajstić information content (AvgIpc) is 2.78. The summed E-state index contributed by atoms with van der Waals surface area (Å²) in [7, 11) is 7.17. The topological polar surface area (TPSA) is 137 Å². The van der Waals surface area contributed by atoms with Crippen LogP contribution in [0.4, 0.5) is 11.4 Å². The van der Waals surface area contributed by atoms with Crippen LogP contribution in [-0.2, 0) is 12.8 Å². The molecule has 1 unspecified atom stereocenters. The zero-order valence-corrected chi connectivity index (χ0v) is 21.3. The van der Waals surface area contributed by atoms with Crippen LogP contribution >= 0.6 is 0 Å². The van der Waals surface area contributed by atoms with E-state index in [1.165, 1.54) is 0 Å². The third-order valence-corrected chi connectivity index (χ3v) is 6.98. The predicted octanol–water partition coefficient (Wildman–Crippen LogP) is 3.39. The molecular formula is C27H33N3O6. The van der Waals surface area contributed by atoms with Gasteiger partial charge < -0.3 is 35.6 Å². The summed E-state index contributed by atoms with van der Waals surface area (Å²) in [6, 6.07) is 3.74. The van der Waals surface area contributed by atoms with Crippen LogP contribution in [0, 0.1) is 5.92 Å². The van der Waals surface area contributed by atoms with Gasteiger partial charge in [0.15, 0.2) is 11.5 Å². The Bertz CT molecular complexity index is 1300. The van der Waals surface area contributed by atoms with E-state index in [0.29, 0.717) is 29.9 Å². The zero-order chi connectivity index (χ0) is 26.5. The molecule has 0 spiro atoms. The first kappa shape index (κ1) is 25.2. The molecule has 4 rings (SSSR count). The van der Waals surface area contributed by atoms with E-state index >= 15 is 0 Å². The Labute approximate surface area is 210 Å². The van der Waals surface area contributed by atoms with E-state index in [4.69, 9.17) is 10.5 Å². The van der Waals surface area contributed by atoms with Gasteiger partial charge in [0.25, 0.3) is 5.91 Å². The summed E-state index contributed by atoms with van der Waals surface area (Å²) in [5, 5.41) is 33.3. The fraction of sp³-hybridized carbons (Fsp3) is 0.407. The average molecular weight is 496 g/mol. The molecule has 0 saturated carbocycles. The highest BCUT2D eigenvalue weighted by Crippen LogP contribution is 2.52. The first-order valence-corrected chi connectivity index (χ1v) is 12.0. The summed E-state index contributed by atoms with van der Waals surface area (Å²) in [4.78, 5) is 29.5. The van der Waals surface area contributed by atoms with Crippen molar-refractivity contribution in [2.24, 2.45) is 11.7 Å². The van der Waals surface area contributed by atoms with E-state index in [1.807, 2.05) is 25.1 Å². The smallest absolute Gasteiger partial charge is 0.256 e. The van der Waals surface area contributed by atoms with Crippen molar-refractivity contribution in [3.8, 4) is 17.2 Å². The molecule has 0 aromatic heterocycles. The molecule has 2 aromatic carbocycles. The van der Waals surface area contributed by atoms with Crippen molar-refractivity contribution in [1.82, 2.24) is 0 Å². The number of carbonyl (C=O) groups excluding carboxylic acids is 2. The van der Waals surface area contributed by atoms with Crippen molar-refractivity contribution in [2.45, 2.75) is 32.6 Å². The SMILES string of the molecule is CCCCOc1ccc(N(C)C)c2c1C(O)=C1C(=O)c3c(O)c(C(N)=O)c(O)c(N(C)C)c3CC1C2. The number of primary amides is 1. The predicted molar refractivity (Wildman–Crippen MR) is 139 cm³/mol. The van der Waals surface area contributed by atoms with Crippen LogP contribution in [0.25, 0.3) is 5.76 Å². The Kier molecular flexibility index (Phi) is 6.51. The third-order valence-electron chi connectivity index (χ3n) is 6.98. The van der Waals surface area contributed by atoms with Gasteiger partial charge in [-0.15, -0.1) is 0 Å². The fourth-order valence-corrected chi connectivity index (χ4v) is 5.39. The summed E-state index contributed by atoms with van der Waals surface area (Å²) in [5.41, 5.74) is 7.86. The lowest BCUT2D eigenvalue weighted by molar-refractivity contribution is 0.0994. The van der Waals surface area contributed by atoms with Gasteiger partial charge in [-0.05, 0) is 48.4 Å². The van der Waals surface area contributed by atoms with E-state index in [9.17, 15) is 24.9 Å². The number of nitrogens with zero attached hydrogens (tertiary/aromatic N) is 2. The van der Waals surface area contributed by atoms with Gasteiger partial charge in [-0.2, -0.15) is 0 Å². The molecule has 1 amide bonds. The van der Waals surface area contributed by atoms with E-state index in [2.05, 4.69) is 6.92 Å². The molecule has 0 radical (unpaired) electrons. The number of hydrogen-bond acceptors (Lipinski definition) is 8. The van der Waals surface area contributed by atoms with E-state index in [-0.39, 0.29) is 29.0 Å². The molecular weight excluding hydrogens is 462 g/mol. The van der Waals surface area contributed by atoms with Crippen LogP contribution in [0.1, 0.15) is 57.2 Å². The molecule has 0 aliphatic heterocycles. The van der Waals surface area contributed by atoms with Crippen molar-refractivity contribution in [3.05, 3.63) is 45.5 Å². The molecule has 2 aliphatic rings. The molecule has 5 N–H and O–H groups in total. The minimum atomic E-state index is -1.06. The number of carbonyl (C=O) groups is 2. The van der Waals surface area contributed by atoms with Gasteiger partial charge in [0, 0.05) is 39.5 Å². The van der Waals surface area contributed by atoms with Crippen LogP contribution in [0.3, 0.4) is 0 Å². The van der Waals surface area contributed by atoms with Crippen LogP contribution in [-0.4, -0.2) is 61.8 Å². The Hall–Kier alpha value is -3.88. The number of aliphatic hydroxyl groups excluding tert-OH is 1. The van der Waals surface area contributed by atoms with Crippen LogP contribution < -0.4 is 20.3 Å². The number of allylic oxidation sites excluding steroid dienone is 1. The number of Topliss-reactive ketones (excluding diaryl/α,β-unsaturated/α-hetero) is 1. The lowest BCUT2D eigenvalue weighted by Crippen LogP contribution is -2.32. The number of aromatic hydroxyl groups is 2. The maximum atomic E-state index is 13.9. The van der Waals surface area contributed by atoms with Gasteiger partial charge in [-0.25, -0.2) is 0 Å². The second-order valence-corrected chi connectivity index (χ2v) is 9.76. The molecule has 0 heterocycles. The molecule has 2 aromatic rings. The van der Waals surface area contributed by atoms with Gasteiger partial charge in [0.1, 0.15) is 22.8 Å². The molecule has 192 valence electrons. The molecule has 0 fully saturated rings. The van der Waals surface area contributed by atoms with Crippen molar-refractivity contribution >= 4 is 28.8 Å². The maximum absolute atomic E-state index is 13.9. The first-order chi connectivity index (χ1) is 17.0.